The molecule has 0 unspecified atom stereocenters. The Balaban J connectivity index is 2.25. The topological polar surface area (TPSA) is 68.9 Å². The number of nitrogens with zero attached hydrogens (tertiary/aromatic N) is 3. The fourth-order valence-corrected chi connectivity index (χ4v) is 1.82. The van der Waals surface area contributed by atoms with Gasteiger partial charge in [-0.15, -0.1) is 0 Å². The molecule has 0 bridgehead atoms. The summed E-state index contributed by atoms with van der Waals surface area (Å²) in [7, 11) is 0. The molecule has 2 heterocycles. The summed E-state index contributed by atoms with van der Waals surface area (Å²) in [5.41, 5.74) is 3.38. The lowest BCUT2D eigenvalue weighted by Gasteiger charge is -2.03. The molecule has 0 aromatic carbocycles. The predicted octanol–water partition coefficient (Wildman–Crippen LogP) is 2.59. The van der Waals surface area contributed by atoms with E-state index in [9.17, 15) is 10.1 Å². The first kappa shape index (κ1) is 12.2. The first-order valence-electron chi connectivity index (χ1n) is 5.58. The Kier molecular flexibility index (Phi) is 3.32. The van der Waals surface area contributed by atoms with Crippen molar-refractivity contribution >= 4 is 5.69 Å². The molecule has 0 fully saturated rings. The van der Waals surface area contributed by atoms with Crippen LogP contribution in [0.25, 0.3) is 0 Å². The number of rotatable bonds is 3. The highest BCUT2D eigenvalue weighted by Gasteiger charge is 2.11. The largest absolute Gasteiger partial charge is 0.290 e. The van der Waals surface area contributed by atoms with Crippen LogP contribution in [0.4, 0.5) is 5.69 Å². The molecule has 0 saturated heterocycles. The molecule has 5 heteroatoms. The van der Waals surface area contributed by atoms with Crippen molar-refractivity contribution in [2.75, 3.05) is 0 Å². The van der Waals surface area contributed by atoms with Crippen LogP contribution in [0.15, 0.2) is 30.5 Å². The zero-order valence-electron chi connectivity index (χ0n) is 10.3. The Morgan fingerprint density at radius 2 is 2.06 bits per heavy atom. The number of nitro groups is 1. The Bertz CT molecular complexity index is 597. The molecular formula is C13H13N3O2. The highest BCUT2D eigenvalue weighted by atomic mass is 16.6. The average Bonchev–Trinajstić information content (AvgIpc) is 2.28. The fraction of sp³-hybridized carbons (Fsp3) is 0.231. The van der Waals surface area contributed by atoms with Crippen molar-refractivity contribution in [2.24, 2.45) is 0 Å². The van der Waals surface area contributed by atoms with Crippen molar-refractivity contribution in [3.05, 3.63) is 63.2 Å². The van der Waals surface area contributed by atoms with Gasteiger partial charge in [-0.05, 0) is 37.6 Å². The van der Waals surface area contributed by atoms with Crippen LogP contribution in [-0.4, -0.2) is 14.9 Å². The molecule has 2 aromatic rings. The summed E-state index contributed by atoms with van der Waals surface area (Å²) in [6, 6.07) is 7.11. The average molecular weight is 243 g/mol. The van der Waals surface area contributed by atoms with Crippen molar-refractivity contribution in [1.82, 2.24) is 9.97 Å². The first-order valence-corrected chi connectivity index (χ1v) is 5.58. The van der Waals surface area contributed by atoms with Gasteiger partial charge in [0.05, 0.1) is 4.92 Å². The van der Waals surface area contributed by atoms with E-state index in [1.165, 1.54) is 6.07 Å². The third-order valence-electron chi connectivity index (χ3n) is 2.66. The summed E-state index contributed by atoms with van der Waals surface area (Å²) in [6.45, 7) is 3.58. The van der Waals surface area contributed by atoms with E-state index in [0.29, 0.717) is 12.1 Å². The van der Waals surface area contributed by atoms with Crippen LogP contribution in [0, 0.1) is 24.0 Å². The molecule has 5 nitrogen and oxygen atoms in total. The summed E-state index contributed by atoms with van der Waals surface area (Å²) in [5, 5.41) is 10.7. The molecular weight excluding hydrogens is 230 g/mol. The van der Waals surface area contributed by atoms with Crippen molar-refractivity contribution in [1.29, 1.82) is 0 Å². The van der Waals surface area contributed by atoms with Gasteiger partial charge in [0.25, 0.3) is 5.69 Å². The molecule has 0 aliphatic carbocycles. The van der Waals surface area contributed by atoms with E-state index in [2.05, 4.69) is 9.97 Å². The molecule has 0 atom stereocenters. The number of aryl methyl sites for hydroxylation is 2. The fourth-order valence-electron chi connectivity index (χ4n) is 1.82. The van der Waals surface area contributed by atoms with Crippen molar-refractivity contribution in [3.63, 3.8) is 0 Å². The Morgan fingerprint density at radius 3 is 2.67 bits per heavy atom. The standard InChI is InChI=1S/C13H13N3O2/c1-9-7-11(5-6-14-9)8-12-3-4-13(16(17)18)10(2)15-12/h3-7H,8H2,1-2H3. The second-order valence-corrected chi connectivity index (χ2v) is 4.15. The van der Waals surface area contributed by atoms with Gasteiger partial charge in [0, 0.05) is 30.1 Å². The van der Waals surface area contributed by atoms with E-state index in [1.54, 1.807) is 19.2 Å². The van der Waals surface area contributed by atoms with Crippen molar-refractivity contribution < 1.29 is 4.92 Å². The smallest absolute Gasteiger partial charge is 0.262 e. The summed E-state index contributed by atoms with van der Waals surface area (Å²) in [4.78, 5) is 18.7. The highest BCUT2D eigenvalue weighted by Crippen LogP contribution is 2.17. The minimum Gasteiger partial charge on any atom is -0.262 e. The Labute approximate surface area is 105 Å². The van der Waals surface area contributed by atoms with E-state index in [-0.39, 0.29) is 5.69 Å². The SMILES string of the molecule is Cc1cc(Cc2ccc([N+](=O)[O-])c(C)n2)ccn1. The molecule has 0 N–H and O–H groups in total. The summed E-state index contributed by atoms with van der Waals surface area (Å²) in [6.07, 6.45) is 2.41. The maximum atomic E-state index is 10.7. The Hall–Kier alpha value is -2.30. The van der Waals surface area contributed by atoms with Crippen LogP contribution in [0.5, 0.6) is 0 Å². The normalized spacial score (nSPS) is 10.3. The number of hydrogen-bond acceptors (Lipinski definition) is 4. The molecule has 2 rings (SSSR count). The molecule has 0 radical (unpaired) electrons. The third-order valence-corrected chi connectivity index (χ3v) is 2.66. The quantitative estimate of drug-likeness (QED) is 0.613. The van der Waals surface area contributed by atoms with Gasteiger partial charge in [-0.25, -0.2) is 0 Å². The molecule has 0 amide bonds. The zero-order chi connectivity index (χ0) is 13.1. The van der Waals surface area contributed by atoms with E-state index in [0.717, 1.165) is 17.0 Å². The molecule has 0 aliphatic rings. The molecule has 18 heavy (non-hydrogen) atoms. The first-order chi connectivity index (χ1) is 8.56. The second kappa shape index (κ2) is 4.91. The van der Waals surface area contributed by atoms with Crippen LogP contribution in [0.1, 0.15) is 22.6 Å². The van der Waals surface area contributed by atoms with Crippen LogP contribution in [0.3, 0.4) is 0 Å². The molecule has 0 aliphatic heterocycles. The second-order valence-electron chi connectivity index (χ2n) is 4.15. The molecule has 92 valence electrons. The summed E-state index contributed by atoms with van der Waals surface area (Å²) >= 11 is 0. The van der Waals surface area contributed by atoms with Gasteiger partial charge >= 0.3 is 0 Å². The minimum absolute atomic E-state index is 0.0599. The van der Waals surface area contributed by atoms with E-state index in [4.69, 9.17) is 0 Å². The van der Waals surface area contributed by atoms with Gasteiger partial charge in [-0.2, -0.15) is 0 Å². The predicted molar refractivity (Wildman–Crippen MR) is 67.4 cm³/mol. The van der Waals surface area contributed by atoms with Crippen LogP contribution in [0.2, 0.25) is 0 Å². The molecule has 2 aromatic heterocycles. The van der Waals surface area contributed by atoms with E-state index >= 15 is 0 Å². The number of aromatic nitrogens is 2. The number of hydrogen-bond donors (Lipinski definition) is 0. The van der Waals surface area contributed by atoms with Gasteiger partial charge in [0.15, 0.2) is 0 Å². The van der Waals surface area contributed by atoms with Crippen molar-refractivity contribution in [3.8, 4) is 0 Å². The van der Waals surface area contributed by atoms with Crippen molar-refractivity contribution in [2.45, 2.75) is 20.3 Å². The summed E-state index contributed by atoms with van der Waals surface area (Å²) < 4.78 is 0. The van der Waals surface area contributed by atoms with Crippen LogP contribution >= 0.6 is 0 Å². The van der Waals surface area contributed by atoms with E-state index < -0.39 is 4.92 Å². The summed E-state index contributed by atoms with van der Waals surface area (Å²) in [5.74, 6) is 0. The van der Waals surface area contributed by atoms with Gasteiger partial charge in [-0.3, -0.25) is 20.1 Å². The lowest BCUT2D eigenvalue weighted by Crippen LogP contribution is -1.99. The molecule has 0 saturated carbocycles. The highest BCUT2D eigenvalue weighted by molar-refractivity contribution is 5.36. The maximum Gasteiger partial charge on any atom is 0.290 e. The zero-order valence-corrected chi connectivity index (χ0v) is 10.3. The van der Waals surface area contributed by atoms with Gasteiger partial charge < -0.3 is 0 Å². The lowest BCUT2D eigenvalue weighted by molar-refractivity contribution is -0.385. The third kappa shape index (κ3) is 2.68. The minimum atomic E-state index is -0.414. The van der Waals surface area contributed by atoms with E-state index in [1.807, 2.05) is 19.1 Å². The van der Waals surface area contributed by atoms with Crippen LogP contribution in [-0.2, 0) is 6.42 Å². The van der Waals surface area contributed by atoms with Gasteiger partial charge in [-0.1, -0.05) is 0 Å². The maximum absolute atomic E-state index is 10.7. The Morgan fingerprint density at radius 1 is 1.28 bits per heavy atom. The molecule has 0 spiro atoms. The van der Waals surface area contributed by atoms with Gasteiger partial charge in [0.2, 0.25) is 0 Å². The van der Waals surface area contributed by atoms with Gasteiger partial charge in [0.1, 0.15) is 5.69 Å². The lowest BCUT2D eigenvalue weighted by atomic mass is 10.1. The monoisotopic (exact) mass is 243 g/mol. The van der Waals surface area contributed by atoms with Crippen LogP contribution < -0.4 is 0 Å². The number of pyridine rings is 2.